The minimum Gasteiger partial charge on any atom is -0.297 e. The highest BCUT2D eigenvalue weighted by molar-refractivity contribution is 5.59. The molecule has 0 aromatic rings. The van der Waals surface area contributed by atoms with E-state index >= 15 is 0 Å². The number of nitrogens with zero attached hydrogens (tertiary/aromatic N) is 1. The van der Waals surface area contributed by atoms with Gasteiger partial charge < -0.3 is 0 Å². The Balaban J connectivity index is 3.01. The van der Waals surface area contributed by atoms with Crippen LogP contribution >= 0.6 is 0 Å². The minimum absolute atomic E-state index is 0.612. The molecule has 0 bridgehead atoms. The lowest BCUT2D eigenvalue weighted by atomic mass is 10.2. The number of hydrogen-bond acceptors (Lipinski definition) is 1. The first-order valence-corrected chi connectivity index (χ1v) is 4.77. The predicted octanol–water partition coefficient (Wildman–Crippen LogP) is 3.29. The van der Waals surface area contributed by atoms with E-state index < -0.39 is 0 Å². The van der Waals surface area contributed by atoms with Crippen LogP contribution in [0.15, 0.2) is 4.99 Å². The van der Waals surface area contributed by atoms with Crippen molar-refractivity contribution in [3.8, 4) is 0 Å². The van der Waals surface area contributed by atoms with Crippen molar-refractivity contribution in [1.29, 1.82) is 0 Å². The van der Waals surface area contributed by atoms with Crippen molar-refractivity contribution >= 4 is 6.21 Å². The van der Waals surface area contributed by atoms with E-state index in [1.807, 2.05) is 6.21 Å². The van der Waals surface area contributed by atoms with Gasteiger partial charge in [0.1, 0.15) is 0 Å². The summed E-state index contributed by atoms with van der Waals surface area (Å²) in [5.41, 5.74) is 0. The molecule has 0 aliphatic rings. The van der Waals surface area contributed by atoms with Gasteiger partial charge in [0.05, 0.1) is 0 Å². The van der Waals surface area contributed by atoms with Crippen molar-refractivity contribution in [2.24, 2.45) is 10.9 Å². The molecule has 0 spiro atoms. The number of unbranched alkanes of at least 4 members (excludes halogenated alkanes) is 3. The molecular weight excluding hydrogens is 134 g/mol. The zero-order valence-corrected chi connectivity index (χ0v) is 8.14. The van der Waals surface area contributed by atoms with Crippen LogP contribution in [0, 0.1) is 5.92 Å². The summed E-state index contributed by atoms with van der Waals surface area (Å²) in [6.07, 6.45) is 7.32. The molecule has 1 heteroatoms. The Bertz CT molecular complexity index is 95.0. The molecule has 1 nitrogen and oxygen atoms in total. The van der Waals surface area contributed by atoms with Gasteiger partial charge in [-0.2, -0.15) is 0 Å². The van der Waals surface area contributed by atoms with E-state index in [9.17, 15) is 0 Å². The van der Waals surface area contributed by atoms with E-state index in [4.69, 9.17) is 0 Å². The van der Waals surface area contributed by atoms with Crippen LogP contribution < -0.4 is 0 Å². The van der Waals surface area contributed by atoms with Gasteiger partial charge in [0.25, 0.3) is 0 Å². The summed E-state index contributed by atoms with van der Waals surface area (Å²) in [6, 6.07) is 0. The number of rotatable bonds is 6. The van der Waals surface area contributed by atoms with Crippen LogP contribution in [-0.4, -0.2) is 12.8 Å². The normalized spacial score (nSPS) is 11.6. The zero-order chi connectivity index (χ0) is 8.53. The second-order valence-corrected chi connectivity index (χ2v) is 3.36. The molecule has 66 valence electrons. The maximum atomic E-state index is 4.32. The Kier molecular flexibility index (Phi) is 7.54. The summed E-state index contributed by atoms with van der Waals surface area (Å²) in [5.74, 6) is 0.612. The highest BCUT2D eigenvalue weighted by Gasteiger charge is 1.86. The molecule has 0 aromatic heterocycles. The molecule has 0 aliphatic carbocycles. The van der Waals surface area contributed by atoms with Gasteiger partial charge in [-0.15, -0.1) is 0 Å². The Labute approximate surface area is 70.9 Å². The molecule has 0 unspecified atom stereocenters. The second kappa shape index (κ2) is 7.77. The van der Waals surface area contributed by atoms with Crippen LogP contribution in [0.2, 0.25) is 0 Å². The van der Waals surface area contributed by atoms with E-state index in [1.54, 1.807) is 0 Å². The summed E-state index contributed by atoms with van der Waals surface area (Å²) in [6.45, 7) is 7.58. The van der Waals surface area contributed by atoms with E-state index in [1.165, 1.54) is 25.7 Å². The molecular formula is C10H21N. The standard InChI is InChI=1S/C10H21N/c1-4-5-6-7-8-11-9-10(2)3/h9-10H,4-8H2,1-3H3. The summed E-state index contributed by atoms with van der Waals surface area (Å²) < 4.78 is 0. The molecule has 11 heavy (non-hydrogen) atoms. The molecule has 0 rings (SSSR count). The molecule has 0 N–H and O–H groups in total. The molecule has 0 atom stereocenters. The fourth-order valence-corrected chi connectivity index (χ4v) is 0.915. The zero-order valence-electron chi connectivity index (χ0n) is 8.14. The van der Waals surface area contributed by atoms with E-state index in [2.05, 4.69) is 25.8 Å². The van der Waals surface area contributed by atoms with Gasteiger partial charge in [0.2, 0.25) is 0 Å². The lowest BCUT2D eigenvalue weighted by Crippen LogP contribution is -1.89. The fourth-order valence-electron chi connectivity index (χ4n) is 0.915. The number of hydrogen-bond donors (Lipinski definition) is 0. The molecule has 0 fully saturated rings. The van der Waals surface area contributed by atoms with Crippen molar-refractivity contribution in [3.05, 3.63) is 0 Å². The van der Waals surface area contributed by atoms with Gasteiger partial charge in [0.15, 0.2) is 0 Å². The van der Waals surface area contributed by atoms with Gasteiger partial charge in [-0.1, -0.05) is 40.0 Å². The lowest BCUT2D eigenvalue weighted by Gasteiger charge is -1.95. The summed E-state index contributed by atoms with van der Waals surface area (Å²) in [4.78, 5) is 4.32. The fraction of sp³-hybridized carbons (Fsp3) is 0.900. The third-order valence-electron chi connectivity index (χ3n) is 1.54. The Morgan fingerprint density at radius 2 is 1.91 bits per heavy atom. The Morgan fingerprint density at radius 3 is 2.45 bits per heavy atom. The lowest BCUT2D eigenvalue weighted by molar-refractivity contribution is 0.674. The summed E-state index contributed by atoms with van der Waals surface area (Å²) in [7, 11) is 0. The summed E-state index contributed by atoms with van der Waals surface area (Å²) in [5, 5.41) is 0. The van der Waals surface area contributed by atoms with Gasteiger partial charge in [-0.3, -0.25) is 4.99 Å². The monoisotopic (exact) mass is 155 g/mol. The highest BCUT2D eigenvalue weighted by atomic mass is 14.7. The van der Waals surface area contributed by atoms with Crippen LogP contribution in [-0.2, 0) is 0 Å². The topological polar surface area (TPSA) is 12.4 Å². The predicted molar refractivity (Wildman–Crippen MR) is 52.3 cm³/mol. The maximum absolute atomic E-state index is 4.32. The smallest absolute Gasteiger partial charge is 0.0385 e. The molecule has 0 aliphatic heterocycles. The van der Waals surface area contributed by atoms with Crippen LogP contribution in [0.4, 0.5) is 0 Å². The first kappa shape index (κ1) is 10.7. The van der Waals surface area contributed by atoms with Gasteiger partial charge in [-0.05, 0) is 12.3 Å². The van der Waals surface area contributed by atoms with Crippen molar-refractivity contribution in [2.75, 3.05) is 6.54 Å². The van der Waals surface area contributed by atoms with Gasteiger partial charge in [-0.25, -0.2) is 0 Å². The molecule has 0 aromatic carbocycles. The van der Waals surface area contributed by atoms with Crippen molar-refractivity contribution in [3.63, 3.8) is 0 Å². The van der Waals surface area contributed by atoms with Crippen molar-refractivity contribution < 1.29 is 0 Å². The maximum Gasteiger partial charge on any atom is 0.0385 e. The van der Waals surface area contributed by atoms with Crippen LogP contribution in [0.25, 0.3) is 0 Å². The van der Waals surface area contributed by atoms with Gasteiger partial charge >= 0.3 is 0 Å². The third-order valence-corrected chi connectivity index (χ3v) is 1.54. The average Bonchev–Trinajstić information content (AvgIpc) is 1.96. The van der Waals surface area contributed by atoms with Crippen LogP contribution in [0.1, 0.15) is 46.5 Å². The quantitative estimate of drug-likeness (QED) is 0.412. The van der Waals surface area contributed by atoms with E-state index in [0.717, 1.165) is 6.54 Å². The first-order valence-electron chi connectivity index (χ1n) is 4.77. The van der Waals surface area contributed by atoms with E-state index in [-0.39, 0.29) is 0 Å². The highest BCUT2D eigenvalue weighted by Crippen LogP contribution is 1.98. The Hall–Kier alpha value is -0.330. The van der Waals surface area contributed by atoms with Crippen LogP contribution in [0.3, 0.4) is 0 Å². The second-order valence-electron chi connectivity index (χ2n) is 3.36. The average molecular weight is 155 g/mol. The SMILES string of the molecule is CCCCCCN=CC(C)C. The van der Waals surface area contributed by atoms with E-state index in [0.29, 0.717) is 5.92 Å². The van der Waals surface area contributed by atoms with Crippen molar-refractivity contribution in [1.82, 2.24) is 0 Å². The molecule has 0 saturated carbocycles. The first-order chi connectivity index (χ1) is 5.27. The summed E-state index contributed by atoms with van der Waals surface area (Å²) >= 11 is 0. The third kappa shape index (κ3) is 9.67. The molecule has 0 amide bonds. The minimum atomic E-state index is 0.612. The molecule has 0 heterocycles. The molecule has 0 radical (unpaired) electrons. The van der Waals surface area contributed by atoms with Crippen LogP contribution in [0.5, 0.6) is 0 Å². The molecule has 0 saturated heterocycles. The van der Waals surface area contributed by atoms with Crippen molar-refractivity contribution in [2.45, 2.75) is 46.5 Å². The van der Waals surface area contributed by atoms with Gasteiger partial charge in [0, 0.05) is 12.8 Å². The largest absolute Gasteiger partial charge is 0.297 e. The Morgan fingerprint density at radius 1 is 1.18 bits per heavy atom. The number of aliphatic imine (C=N–C) groups is 1.